The highest BCUT2D eigenvalue weighted by Crippen LogP contribution is 2.44. The molecule has 0 atom stereocenters. The fourth-order valence-corrected chi connectivity index (χ4v) is 17.3. The van der Waals surface area contributed by atoms with Crippen LogP contribution in [0.15, 0.2) is 406 Å². The second-order valence-corrected chi connectivity index (χ2v) is 28.2. The molecule has 0 aliphatic carbocycles. The molecule has 0 bridgehead atoms. The number of nitrogens with zero attached hydrogens (tertiary/aromatic N) is 3. The van der Waals surface area contributed by atoms with Gasteiger partial charge in [0.2, 0.25) is 0 Å². The van der Waals surface area contributed by atoms with Crippen molar-refractivity contribution >= 4 is 152 Å². The van der Waals surface area contributed by atoms with Gasteiger partial charge < -0.3 is 13.7 Å². The number of rotatable bonds is 6. The van der Waals surface area contributed by atoms with E-state index in [2.05, 4.69) is 420 Å². The van der Waals surface area contributed by atoms with E-state index >= 15 is 0 Å². The molecule has 0 fully saturated rings. The Balaban J connectivity index is 0.000000103. The van der Waals surface area contributed by atoms with Crippen LogP contribution >= 0.6 is 0 Å². The predicted molar refractivity (Wildman–Crippen MR) is 459 cm³/mol. The Bertz CT molecular complexity index is 7480. The molecule has 107 heavy (non-hydrogen) atoms. The molecule has 0 aliphatic rings. The van der Waals surface area contributed by atoms with Gasteiger partial charge in [0.1, 0.15) is 0 Å². The van der Waals surface area contributed by atoms with Crippen molar-refractivity contribution in [2.75, 3.05) is 0 Å². The first-order valence-electron chi connectivity index (χ1n) is 36.9. The summed E-state index contributed by atoms with van der Waals surface area (Å²) < 4.78 is 7.19. The van der Waals surface area contributed by atoms with Crippen molar-refractivity contribution in [3.8, 4) is 50.4 Å². The maximum absolute atomic E-state index is 2.43. The Morgan fingerprint density at radius 2 is 0.430 bits per heavy atom. The summed E-state index contributed by atoms with van der Waals surface area (Å²) >= 11 is 0. The van der Waals surface area contributed by atoms with Gasteiger partial charge in [-0.15, -0.1) is 0 Å². The first-order valence-corrected chi connectivity index (χ1v) is 36.9. The second-order valence-electron chi connectivity index (χ2n) is 28.2. The molecule has 0 spiro atoms. The number of aromatic nitrogens is 3. The van der Waals surface area contributed by atoms with Gasteiger partial charge in [0.15, 0.2) is 0 Å². The largest absolute Gasteiger partial charge is 0.309 e. The van der Waals surface area contributed by atoms with E-state index in [4.69, 9.17) is 0 Å². The highest BCUT2D eigenvalue weighted by molar-refractivity contribution is 6.25. The molecule has 23 aromatic rings. The van der Waals surface area contributed by atoms with Gasteiger partial charge in [0.25, 0.3) is 0 Å². The molecule has 3 aromatic heterocycles. The topological polar surface area (TPSA) is 14.8 Å². The van der Waals surface area contributed by atoms with Gasteiger partial charge in [0.05, 0.1) is 38.8 Å². The fourth-order valence-electron chi connectivity index (χ4n) is 17.3. The molecule has 0 N–H and O–H groups in total. The van der Waals surface area contributed by atoms with E-state index in [0.717, 1.165) is 0 Å². The van der Waals surface area contributed by atoms with E-state index in [1.807, 2.05) is 0 Å². The fraction of sp³-hybridized carbons (Fsp3) is 0. The highest BCUT2D eigenvalue weighted by atomic mass is 15.0. The van der Waals surface area contributed by atoms with Gasteiger partial charge in [-0.25, -0.2) is 0 Å². The maximum Gasteiger partial charge on any atom is 0.0547 e. The lowest BCUT2D eigenvalue weighted by Gasteiger charge is -2.12. The first kappa shape index (κ1) is 61.5. The van der Waals surface area contributed by atoms with E-state index in [-0.39, 0.29) is 0 Å². The van der Waals surface area contributed by atoms with Crippen LogP contribution in [0.2, 0.25) is 0 Å². The molecule has 498 valence electrons. The number of para-hydroxylation sites is 5. The van der Waals surface area contributed by atoms with Crippen LogP contribution in [0.1, 0.15) is 0 Å². The summed E-state index contributed by atoms with van der Waals surface area (Å²) in [5.74, 6) is 0. The van der Waals surface area contributed by atoms with Crippen molar-refractivity contribution in [1.82, 2.24) is 13.7 Å². The van der Waals surface area contributed by atoms with E-state index in [0.29, 0.717) is 0 Å². The van der Waals surface area contributed by atoms with Crippen LogP contribution in [0, 0.1) is 0 Å². The number of hydrogen-bond donors (Lipinski definition) is 0. The highest BCUT2D eigenvalue weighted by Gasteiger charge is 2.20. The molecular weight excluding hydrogens is 1290 g/mol. The lowest BCUT2D eigenvalue weighted by molar-refractivity contribution is 1.18. The Morgan fingerprint density at radius 3 is 0.963 bits per heavy atom. The maximum atomic E-state index is 2.43. The average Bonchev–Trinajstić information content (AvgIpc) is 1.59. The monoisotopic (exact) mass is 1360 g/mol. The van der Waals surface area contributed by atoms with Crippen LogP contribution in [0.3, 0.4) is 0 Å². The van der Waals surface area contributed by atoms with Gasteiger partial charge in [0, 0.05) is 49.1 Å². The summed E-state index contributed by atoms with van der Waals surface area (Å²) in [6, 6.07) is 148. The third kappa shape index (κ3) is 10.3. The van der Waals surface area contributed by atoms with Crippen LogP contribution in [-0.4, -0.2) is 13.7 Å². The molecule has 0 unspecified atom stereocenters. The molecule has 0 aliphatic heterocycles. The number of benzene rings is 20. The summed E-state index contributed by atoms with van der Waals surface area (Å²) in [6.45, 7) is 0. The smallest absolute Gasteiger partial charge is 0.0547 e. The Morgan fingerprint density at radius 1 is 0.131 bits per heavy atom. The van der Waals surface area contributed by atoms with Gasteiger partial charge in [-0.1, -0.05) is 309 Å². The predicted octanol–water partition coefficient (Wildman–Crippen LogP) is 28.6. The van der Waals surface area contributed by atoms with Crippen LogP contribution in [0.5, 0.6) is 0 Å². The summed E-state index contributed by atoms with van der Waals surface area (Å²) in [5, 5.41) is 28.3. The van der Waals surface area contributed by atoms with Crippen molar-refractivity contribution in [3.05, 3.63) is 406 Å². The van der Waals surface area contributed by atoms with Gasteiger partial charge in [-0.3, -0.25) is 0 Å². The minimum absolute atomic E-state index is 1.19. The van der Waals surface area contributed by atoms with E-state index in [1.54, 1.807) is 0 Å². The molecule has 0 saturated carbocycles. The SMILES string of the molecule is c1ccc(-c2ccc3ccc4c(c3c2)c2ccccc2n4-c2cccc3ccccc23)cc1.c1ccc(-n2c3ccccc3c3c4ccc(-c5ccc6c(ccc7ccccc76)c5)cc4ccc32)cc1.c1ccc(-n2c3ccccc3c3c4ccc(-c5ccc6ccc7ccccc7c6c5)cc4ccc32)cc1. The second kappa shape index (κ2) is 25.4. The first-order chi connectivity index (χ1) is 53.1. The number of fused-ring (bicyclic) bond motifs is 22. The third-order valence-corrected chi connectivity index (χ3v) is 22.3. The van der Waals surface area contributed by atoms with Crippen LogP contribution in [0.25, 0.3) is 202 Å². The lowest BCUT2D eigenvalue weighted by atomic mass is 9.95. The Labute approximate surface area is 618 Å². The van der Waals surface area contributed by atoms with Gasteiger partial charge in [-0.05, 0) is 211 Å². The summed E-state index contributed by atoms with van der Waals surface area (Å²) in [5.41, 5.74) is 18.5. The minimum atomic E-state index is 1.19. The third-order valence-electron chi connectivity index (χ3n) is 22.3. The molecule has 3 nitrogen and oxygen atoms in total. The number of hydrogen-bond acceptors (Lipinski definition) is 0. The quantitative estimate of drug-likeness (QED) is 0.147. The summed E-state index contributed by atoms with van der Waals surface area (Å²) in [7, 11) is 0. The molecule has 0 radical (unpaired) electrons. The van der Waals surface area contributed by atoms with Gasteiger partial charge >= 0.3 is 0 Å². The zero-order valence-corrected chi connectivity index (χ0v) is 58.5. The van der Waals surface area contributed by atoms with Crippen LogP contribution in [-0.2, 0) is 0 Å². The molecule has 3 heteroatoms. The molecular formula is C104H67N3. The summed E-state index contributed by atoms with van der Waals surface area (Å²) in [6.07, 6.45) is 0. The minimum Gasteiger partial charge on any atom is -0.309 e. The van der Waals surface area contributed by atoms with Crippen molar-refractivity contribution in [2.45, 2.75) is 0 Å². The van der Waals surface area contributed by atoms with E-state index in [9.17, 15) is 0 Å². The van der Waals surface area contributed by atoms with Crippen LogP contribution < -0.4 is 0 Å². The average molecular weight is 1360 g/mol. The molecule has 23 rings (SSSR count). The van der Waals surface area contributed by atoms with E-state index in [1.165, 1.54) is 202 Å². The van der Waals surface area contributed by atoms with Crippen molar-refractivity contribution in [1.29, 1.82) is 0 Å². The summed E-state index contributed by atoms with van der Waals surface area (Å²) in [4.78, 5) is 0. The zero-order chi connectivity index (χ0) is 70.5. The van der Waals surface area contributed by atoms with Crippen molar-refractivity contribution < 1.29 is 0 Å². The van der Waals surface area contributed by atoms with E-state index < -0.39 is 0 Å². The Hall–Kier alpha value is -14.1. The van der Waals surface area contributed by atoms with Crippen molar-refractivity contribution in [2.24, 2.45) is 0 Å². The van der Waals surface area contributed by atoms with Gasteiger partial charge in [-0.2, -0.15) is 0 Å². The molecule has 20 aromatic carbocycles. The normalized spacial score (nSPS) is 11.7. The standard InChI is InChI=1S/2C36H23N.C32H21N/c1-2-9-29(10-3-1)37-34-13-7-6-12-33(34)36-32-20-17-26(23-28(32)18-21-35(36)37)25-16-19-31-27(22-25)15-14-24-8-4-5-11-30(24)31;1-2-9-29(10-3-1)37-34-13-7-6-12-32(34)36-31-20-18-26(22-28(31)19-21-35(36)37)27-17-16-25-15-14-24-8-4-5-11-30(24)33(25)23-27;1-2-9-22(10-3-1)25-18-17-24-19-20-31-32(28(24)21-25)27-14-6-7-15-30(27)33(31)29-16-8-12-23-11-4-5-13-26(23)29/h2*1-23H;1-21H. The molecule has 3 heterocycles. The zero-order valence-electron chi connectivity index (χ0n) is 58.5. The van der Waals surface area contributed by atoms with Crippen LogP contribution in [0.4, 0.5) is 0 Å². The molecule has 0 saturated heterocycles. The Kier molecular flexibility index (Phi) is 14.6. The lowest BCUT2D eigenvalue weighted by Crippen LogP contribution is -1.95. The molecule has 0 amide bonds. The van der Waals surface area contributed by atoms with Crippen molar-refractivity contribution in [3.63, 3.8) is 0 Å².